The van der Waals surface area contributed by atoms with Crippen molar-refractivity contribution in [2.45, 2.75) is 38.2 Å². The summed E-state index contributed by atoms with van der Waals surface area (Å²) >= 11 is 1.78. The molecule has 2 aromatic rings. The van der Waals surface area contributed by atoms with Gasteiger partial charge in [-0.1, -0.05) is 18.2 Å². The number of rotatable bonds is 2. The molecule has 0 amide bonds. The molecule has 0 saturated carbocycles. The molecule has 4 rings (SSSR count). The number of aliphatic hydroxyl groups excluding tert-OH is 1. The highest BCUT2D eigenvalue weighted by Gasteiger charge is 2.24. The molecule has 104 valence electrons. The number of hydrogen-bond acceptors (Lipinski definition) is 3. The quantitative estimate of drug-likeness (QED) is 0.913. The number of para-hydroxylation sites is 1. The van der Waals surface area contributed by atoms with Crippen molar-refractivity contribution in [3.05, 3.63) is 50.7 Å². The lowest BCUT2D eigenvalue weighted by atomic mass is 9.97. The van der Waals surface area contributed by atoms with Gasteiger partial charge in [-0.15, -0.1) is 11.3 Å². The smallest absolute Gasteiger partial charge is 0.128 e. The van der Waals surface area contributed by atoms with Crippen LogP contribution >= 0.6 is 11.3 Å². The first kappa shape index (κ1) is 12.4. The van der Waals surface area contributed by atoms with Gasteiger partial charge < -0.3 is 9.84 Å². The van der Waals surface area contributed by atoms with Gasteiger partial charge in [0, 0.05) is 21.7 Å². The van der Waals surface area contributed by atoms with E-state index in [1.807, 2.05) is 12.1 Å². The van der Waals surface area contributed by atoms with E-state index >= 15 is 0 Å². The second-order valence-electron chi connectivity index (χ2n) is 5.64. The molecule has 2 heterocycles. The van der Waals surface area contributed by atoms with Crippen LogP contribution in [0.1, 0.15) is 45.4 Å². The van der Waals surface area contributed by atoms with E-state index in [0.717, 1.165) is 29.2 Å². The van der Waals surface area contributed by atoms with Crippen LogP contribution in [0.15, 0.2) is 24.3 Å². The highest BCUT2D eigenvalue weighted by molar-refractivity contribution is 7.12. The molecule has 0 saturated heterocycles. The Kier molecular flexibility index (Phi) is 3.04. The van der Waals surface area contributed by atoms with E-state index in [9.17, 15) is 5.11 Å². The molecule has 1 N–H and O–H groups in total. The van der Waals surface area contributed by atoms with Gasteiger partial charge in [-0.05, 0) is 42.9 Å². The van der Waals surface area contributed by atoms with Crippen LogP contribution in [0.2, 0.25) is 0 Å². The van der Waals surface area contributed by atoms with Gasteiger partial charge in [0.25, 0.3) is 0 Å². The average Bonchev–Trinajstić information content (AvgIpc) is 3.12. The lowest BCUT2D eigenvalue weighted by Gasteiger charge is -2.13. The Labute approximate surface area is 123 Å². The molecule has 0 bridgehead atoms. The molecule has 1 unspecified atom stereocenters. The van der Waals surface area contributed by atoms with Crippen molar-refractivity contribution in [1.29, 1.82) is 0 Å². The van der Waals surface area contributed by atoms with Gasteiger partial charge >= 0.3 is 0 Å². The third kappa shape index (κ3) is 1.97. The Balaban J connectivity index is 1.72. The monoisotopic (exact) mass is 286 g/mol. The van der Waals surface area contributed by atoms with E-state index in [1.165, 1.54) is 41.7 Å². The van der Waals surface area contributed by atoms with Crippen LogP contribution in [0.3, 0.4) is 0 Å². The Morgan fingerprint density at radius 2 is 2.00 bits per heavy atom. The predicted octanol–water partition coefficient (Wildman–Crippen LogP) is 3.64. The number of aryl methyl sites for hydroxylation is 2. The molecule has 1 aromatic heterocycles. The zero-order chi connectivity index (χ0) is 13.5. The molecule has 0 spiro atoms. The van der Waals surface area contributed by atoms with Gasteiger partial charge in [0.1, 0.15) is 11.9 Å². The van der Waals surface area contributed by atoms with E-state index < -0.39 is 6.10 Å². The van der Waals surface area contributed by atoms with Crippen molar-refractivity contribution in [3.63, 3.8) is 0 Å². The Hall–Kier alpha value is -1.32. The van der Waals surface area contributed by atoms with Crippen molar-refractivity contribution < 1.29 is 9.84 Å². The molecule has 0 fully saturated rings. The van der Waals surface area contributed by atoms with Crippen LogP contribution in [0.4, 0.5) is 0 Å². The number of thiophene rings is 1. The van der Waals surface area contributed by atoms with Gasteiger partial charge in [0.05, 0.1) is 6.61 Å². The van der Waals surface area contributed by atoms with Gasteiger partial charge in [-0.25, -0.2) is 0 Å². The van der Waals surface area contributed by atoms with Gasteiger partial charge in [0.15, 0.2) is 0 Å². The summed E-state index contributed by atoms with van der Waals surface area (Å²) in [6, 6.07) is 8.32. The lowest BCUT2D eigenvalue weighted by molar-refractivity contribution is 0.217. The van der Waals surface area contributed by atoms with Crippen LogP contribution in [0, 0.1) is 0 Å². The summed E-state index contributed by atoms with van der Waals surface area (Å²) in [6.45, 7) is 0.736. The van der Waals surface area contributed by atoms with Crippen molar-refractivity contribution >= 4 is 11.3 Å². The molecule has 0 radical (unpaired) electrons. The van der Waals surface area contributed by atoms with Crippen LogP contribution < -0.4 is 4.74 Å². The second-order valence-corrected chi connectivity index (χ2v) is 6.81. The third-order valence-corrected chi connectivity index (χ3v) is 5.61. The second kappa shape index (κ2) is 4.90. The normalized spacial score (nSPS) is 18.2. The SMILES string of the molecule is OC(c1cc2c(s1)CCCC2)c1cccc2c1OCC2. The molecular formula is C17H18O2S. The minimum Gasteiger partial charge on any atom is -0.493 e. The van der Waals surface area contributed by atoms with Crippen molar-refractivity contribution in [3.8, 4) is 5.75 Å². The van der Waals surface area contributed by atoms with Crippen molar-refractivity contribution in [1.82, 2.24) is 0 Å². The molecule has 1 aliphatic carbocycles. The average molecular weight is 286 g/mol. The topological polar surface area (TPSA) is 29.5 Å². The van der Waals surface area contributed by atoms with E-state index in [2.05, 4.69) is 12.1 Å². The predicted molar refractivity (Wildman–Crippen MR) is 80.7 cm³/mol. The van der Waals surface area contributed by atoms with Crippen molar-refractivity contribution in [2.75, 3.05) is 6.61 Å². The summed E-state index contributed by atoms with van der Waals surface area (Å²) in [5, 5.41) is 10.7. The molecule has 1 atom stereocenters. The van der Waals surface area contributed by atoms with Gasteiger partial charge in [0.2, 0.25) is 0 Å². The molecule has 1 aromatic carbocycles. The van der Waals surface area contributed by atoms with Crippen LogP contribution in [-0.4, -0.2) is 11.7 Å². The van der Waals surface area contributed by atoms with Crippen molar-refractivity contribution in [2.24, 2.45) is 0 Å². The minimum atomic E-state index is -0.543. The number of benzene rings is 1. The Bertz CT molecular complexity index is 621. The first-order valence-corrected chi connectivity index (χ1v) is 8.19. The number of ether oxygens (including phenoxy) is 1. The first-order valence-electron chi connectivity index (χ1n) is 7.37. The largest absolute Gasteiger partial charge is 0.493 e. The van der Waals surface area contributed by atoms with Gasteiger partial charge in [-0.3, -0.25) is 0 Å². The van der Waals surface area contributed by atoms with Crippen LogP contribution in [-0.2, 0) is 19.3 Å². The maximum Gasteiger partial charge on any atom is 0.128 e. The lowest BCUT2D eigenvalue weighted by Crippen LogP contribution is -2.00. The van der Waals surface area contributed by atoms with Gasteiger partial charge in [-0.2, -0.15) is 0 Å². The molecular weight excluding hydrogens is 268 g/mol. The van der Waals surface area contributed by atoms with E-state index in [0.29, 0.717) is 0 Å². The van der Waals surface area contributed by atoms with Crippen LogP contribution in [0.25, 0.3) is 0 Å². The van der Waals surface area contributed by atoms with E-state index in [4.69, 9.17) is 4.74 Å². The fourth-order valence-corrected chi connectivity index (χ4v) is 4.52. The van der Waals surface area contributed by atoms with Crippen LogP contribution in [0.5, 0.6) is 5.75 Å². The molecule has 2 aliphatic rings. The first-order chi connectivity index (χ1) is 9.83. The minimum absolute atomic E-state index is 0.543. The summed E-state index contributed by atoms with van der Waals surface area (Å²) < 4.78 is 5.72. The summed E-state index contributed by atoms with van der Waals surface area (Å²) in [7, 11) is 0. The summed E-state index contributed by atoms with van der Waals surface area (Å²) in [4.78, 5) is 2.54. The number of aliphatic hydroxyl groups is 1. The zero-order valence-corrected chi connectivity index (χ0v) is 12.2. The standard InChI is InChI=1S/C17H18O2S/c18-16(13-6-3-5-11-8-9-19-17(11)13)15-10-12-4-1-2-7-14(12)20-15/h3,5-6,10,16,18H,1-2,4,7-9H2. The maximum absolute atomic E-state index is 10.7. The third-order valence-electron chi connectivity index (χ3n) is 4.32. The summed E-state index contributed by atoms with van der Waals surface area (Å²) in [5.41, 5.74) is 3.60. The fraction of sp³-hybridized carbons (Fsp3) is 0.412. The highest BCUT2D eigenvalue weighted by atomic mass is 32.1. The molecule has 1 aliphatic heterocycles. The zero-order valence-electron chi connectivity index (χ0n) is 11.4. The molecule has 20 heavy (non-hydrogen) atoms. The van der Waals surface area contributed by atoms with E-state index in [1.54, 1.807) is 11.3 Å². The fourth-order valence-electron chi connectivity index (χ4n) is 3.26. The highest BCUT2D eigenvalue weighted by Crippen LogP contribution is 2.40. The Morgan fingerprint density at radius 1 is 1.10 bits per heavy atom. The maximum atomic E-state index is 10.7. The molecule has 3 heteroatoms. The molecule has 2 nitrogen and oxygen atoms in total. The summed E-state index contributed by atoms with van der Waals surface area (Å²) in [6.07, 6.45) is 5.32. The summed E-state index contributed by atoms with van der Waals surface area (Å²) in [5.74, 6) is 0.909. The number of fused-ring (bicyclic) bond motifs is 2. The number of hydrogen-bond donors (Lipinski definition) is 1. The van der Waals surface area contributed by atoms with E-state index in [-0.39, 0.29) is 0 Å². The Morgan fingerprint density at radius 3 is 2.90 bits per heavy atom.